The Labute approximate surface area is 165 Å². The Morgan fingerprint density at radius 3 is 2.48 bits per heavy atom. The third-order valence-corrected chi connectivity index (χ3v) is 3.94. The molecule has 27 heavy (non-hydrogen) atoms. The van der Waals surface area contributed by atoms with E-state index in [-0.39, 0.29) is 0 Å². The maximum Gasteiger partial charge on any atom is 0.250 e. The van der Waals surface area contributed by atoms with Crippen LogP contribution in [0.4, 0.5) is 23.5 Å². The molecule has 0 spiro atoms. The predicted molar refractivity (Wildman–Crippen MR) is 111 cm³/mol. The lowest BCUT2D eigenvalue weighted by Crippen LogP contribution is -2.07. The third-order valence-electron chi connectivity index (χ3n) is 3.45. The molecule has 138 valence electrons. The van der Waals surface area contributed by atoms with E-state index < -0.39 is 0 Å². The van der Waals surface area contributed by atoms with E-state index in [0.29, 0.717) is 23.6 Å². The van der Waals surface area contributed by atoms with E-state index in [0.717, 1.165) is 15.7 Å². The number of methoxy groups -OCH3 is 1. The summed E-state index contributed by atoms with van der Waals surface area (Å²) >= 11 is 3.44. The number of benzene rings is 2. The molecule has 0 saturated heterocycles. The van der Waals surface area contributed by atoms with Crippen molar-refractivity contribution in [3.63, 3.8) is 0 Å². The molecule has 3 aromatic rings. The Hall–Kier alpha value is -3.20. The summed E-state index contributed by atoms with van der Waals surface area (Å²) < 4.78 is 6.25. The number of ether oxygens (including phenoxy) is 1. The van der Waals surface area contributed by atoms with E-state index in [1.54, 1.807) is 20.4 Å². The molecule has 1 aromatic heterocycles. The van der Waals surface area contributed by atoms with Gasteiger partial charge in [-0.15, -0.1) is 0 Å². The van der Waals surface area contributed by atoms with Crippen LogP contribution in [0.3, 0.4) is 0 Å². The zero-order chi connectivity index (χ0) is 19.1. The molecule has 0 atom stereocenters. The summed E-state index contributed by atoms with van der Waals surface area (Å²) in [4.78, 5) is 12.9. The second kappa shape index (κ2) is 8.95. The van der Waals surface area contributed by atoms with Gasteiger partial charge < -0.3 is 15.4 Å². The van der Waals surface area contributed by atoms with Crippen molar-refractivity contribution in [2.75, 3.05) is 30.2 Å². The van der Waals surface area contributed by atoms with Gasteiger partial charge in [-0.25, -0.2) is 5.43 Å². The van der Waals surface area contributed by atoms with Crippen LogP contribution in [0, 0.1) is 0 Å². The number of aromatic nitrogens is 3. The molecule has 3 N–H and O–H groups in total. The molecule has 0 aliphatic carbocycles. The number of nitrogens with one attached hydrogen (secondary N) is 3. The molecular formula is C18H18BrN7O. The van der Waals surface area contributed by atoms with Crippen molar-refractivity contribution in [3.8, 4) is 5.75 Å². The first-order valence-corrected chi connectivity index (χ1v) is 8.86. The normalized spacial score (nSPS) is 10.6. The minimum atomic E-state index is 0.304. The Balaban J connectivity index is 1.78. The number of para-hydroxylation sites is 1. The summed E-state index contributed by atoms with van der Waals surface area (Å²) in [5.41, 5.74) is 4.51. The smallest absolute Gasteiger partial charge is 0.250 e. The van der Waals surface area contributed by atoms with Crippen LogP contribution in [0.1, 0.15) is 5.56 Å². The minimum absolute atomic E-state index is 0.304. The zero-order valence-corrected chi connectivity index (χ0v) is 16.4. The first kappa shape index (κ1) is 18.6. The lowest BCUT2D eigenvalue weighted by atomic mass is 10.2. The van der Waals surface area contributed by atoms with Crippen molar-refractivity contribution < 1.29 is 4.74 Å². The largest absolute Gasteiger partial charge is 0.496 e. The molecule has 0 amide bonds. The van der Waals surface area contributed by atoms with E-state index in [1.165, 1.54) is 0 Å². The molecule has 0 unspecified atom stereocenters. The monoisotopic (exact) mass is 427 g/mol. The van der Waals surface area contributed by atoms with Crippen LogP contribution in [0.5, 0.6) is 5.75 Å². The number of rotatable bonds is 7. The van der Waals surface area contributed by atoms with Crippen LogP contribution in [-0.2, 0) is 0 Å². The average molecular weight is 428 g/mol. The standard InChI is InChI=1S/C18H18BrN7O/c1-20-16-23-17(22-14-6-4-3-5-7-14)25-18(24-16)26-21-11-12-10-13(19)8-9-15(12)27-2/h3-11H,1-2H3,(H3,20,22,23,24,25,26). The number of halogens is 1. The number of hydrogen-bond acceptors (Lipinski definition) is 8. The van der Waals surface area contributed by atoms with Gasteiger partial charge in [0.2, 0.25) is 17.8 Å². The van der Waals surface area contributed by atoms with Crippen molar-refractivity contribution in [3.05, 3.63) is 58.6 Å². The summed E-state index contributed by atoms with van der Waals surface area (Å²) in [6, 6.07) is 15.3. The van der Waals surface area contributed by atoms with Gasteiger partial charge in [0.15, 0.2) is 0 Å². The highest BCUT2D eigenvalue weighted by molar-refractivity contribution is 9.10. The van der Waals surface area contributed by atoms with Crippen LogP contribution in [-0.4, -0.2) is 35.3 Å². The van der Waals surface area contributed by atoms with E-state index in [9.17, 15) is 0 Å². The minimum Gasteiger partial charge on any atom is -0.496 e. The van der Waals surface area contributed by atoms with Crippen molar-refractivity contribution in [1.82, 2.24) is 15.0 Å². The highest BCUT2D eigenvalue weighted by Crippen LogP contribution is 2.21. The summed E-state index contributed by atoms with van der Waals surface area (Å²) in [6.45, 7) is 0. The van der Waals surface area contributed by atoms with E-state index in [2.05, 4.69) is 52.0 Å². The van der Waals surface area contributed by atoms with Crippen molar-refractivity contribution in [2.45, 2.75) is 0 Å². The molecule has 3 rings (SSSR count). The van der Waals surface area contributed by atoms with Gasteiger partial charge in [0, 0.05) is 22.8 Å². The van der Waals surface area contributed by atoms with Gasteiger partial charge >= 0.3 is 0 Å². The lowest BCUT2D eigenvalue weighted by molar-refractivity contribution is 0.414. The Morgan fingerprint density at radius 1 is 1.00 bits per heavy atom. The van der Waals surface area contributed by atoms with Crippen molar-refractivity contribution in [1.29, 1.82) is 0 Å². The summed E-state index contributed by atoms with van der Waals surface area (Å²) in [5.74, 6) is 1.83. The SMILES string of the molecule is CNc1nc(NN=Cc2cc(Br)ccc2OC)nc(Nc2ccccc2)n1. The second-order valence-corrected chi connectivity index (χ2v) is 6.22. The van der Waals surface area contributed by atoms with Gasteiger partial charge in [0.1, 0.15) is 5.75 Å². The second-order valence-electron chi connectivity index (χ2n) is 5.30. The maximum atomic E-state index is 5.32. The fraction of sp³-hybridized carbons (Fsp3) is 0.111. The van der Waals surface area contributed by atoms with Crippen LogP contribution < -0.4 is 20.8 Å². The van der Waals surface area contributed by atoms with Crippen molar-refractivity contribution >= 4 is 45.7 Å². The molecule has 0 saturated carbocycles. The molecular weight excluding hydrogens is 410 g/mol. The molecule has 2 aromatic carbocycles. The van der Waals surface area contributed by atoms with Crippen LogP contribution >= 0.6 is 15.9 Å². The quantitative estimate of drug-likeness (QED) is 0.388. The Kier molecular flexibility index (Phi) is 6.16. The summed E-state index contributed by atoms with van der Waals surface area (Å²) in [5, 5.41) is 10.2. The first-order chi connectivity index (χ1) is 13.2. The molecule has 0 fully saturated rings. The molecule has 0 aliphatic heterocycles. The van der Waals surface area contributed by atoms with E-state index >= 15 is 0 Å². The zero-order valence-electron chi connectivity index (χ0n) is 14.8. The maximum absolute atomic E-state index is 5.32. The topological polar surface area (TPSA) is 96.4 Å². The lowest BCUT2D eigenvalue weighted by Gasteiger charge is -2.08. The molecule has 0 radical (unpaired) electrons. The molecule has 0 aliphatic rings. The van der Waals surface area contributed by atoms with Gasteiger partial charge in [0.05, 0.1) is 13.3 Å². The van der Waals surface area contributed by atoms with Gasteiger partial charge in [-0.2, -0.15) is 20.1 Å². The molecule has 1 heterocycles. The van der Waals surface area contributed by atoms with Crippen molar-refractivity contribution in [2.24, 2.45) is 5.10 Å². The van der Waals surface area contributed by atoms with E-state index in [1.807, 2.05) is 48.5 Å². The highest BCUT2D eigenvalue weighted by Gasteiger charge is 2.06. The van der Waals surface area contributed by atoms with Crippen LogP contribution in [0.15, 0.2) is 58.1 Å². The van der Waals surface area contributed by atoms with Gasteiger partial charge in [-0.1, -0.05) is 34.1 Å². The van der Waals surface area contributed by atoms with Crippen LogP contribution in [0.2, 0.25) is 0 Å². The predicted octanol–water partition coefficient (Wildman–Crippen LogP) is 3.87. The summed E-state index contributed by atoms with van der Waals surface area (Å²) in [7, 11) is 3.35. The van der Waals surface area contributed by atoms with E-state index in [4.69, 9.17) is 4.74 Å². The summed E-state index contributed by atoms with van der Waals surface area (Å²) in [6.07, 6.45) is 1.64. The van der Waals surface area contributed by atoms with Gasteiger partial charge in [-0.05, 0) is 30.3 Å². The van der Waals surface area contributed by atoms with Gasteiger partial charge in [-0.3, -0.25) is 0 Å². The van der Waals surface area contributed by atoms with Gasteiger partial charge in [0.25, 0.3) is 0 Å². The number of nitrogens with zero attached hydrogens (tertiary/aromatic N) is 4. The fourth-order valence-electron chi connectivity index (χ4n) is 2.21. The molecule has 8 nitrogen and oxygen atoms in total. The average Bonchev–Trinajstić information content (AvgIpc) is 2.69. The van der Waals surface area contributed by atoms with Crippen LogP contribution in [0.25, 0.3) is 0 Å². The number of anilines is 4. The Morgan fingerprint density at radius 2 is 1.74 bits per heavy atom. The fourth-order valence-corrected chi connectivity index (χ4v) is 2.59. The number of hydrazone groups is 1. The molecule has 9 heteroatoms. The Bertz CT molecular complexity index is 934. The number of hydrogen-bond donors (Lipinski definition) is 3. The molecule has 0 bridgehead atoms. The third kappa shape index (κ3) is 5.14. The first-order valence-electron chi connectivity index (χ1n) is 8.06. The highest BCUT2D eigenvalue weighted by atomic mass is 79.9.